The quantitative estimate of drug-likeness (QED) is 0.378. The third kappa shape index (κ3) is 5.51. The van der Waals surface area contributed by atoms with Gasteiger partial charge < -0.3 is 18.9 Å². The summed E-state index contributed by atoms with van der Waals surface area (Å²) in [5, 5.41) is 5.35. The number of halogens is 1. The fourth-order valence-corrected chi connectivity index (χ4v) is 5.32. The van der Waals surface area contributed by atoms with E-state index in [0.717, 1.165) is 38.2 Å². The first kappa shape index (κ1) is 26.0. The minimum atomic E-state index is -3.65. The molecule has 1 fully saturated rings. The van der Waals surface area contributed by atoms with Crippen molar-refractivity contribution >= 4 is 26.1 Å². The van der Waals surface area contributed by atoms with Crippen LogP contribution in [0.25, 0.3) is 26.8 Å². The summed E-state index contributed by atoms with van der Waals surface area (Å²) < 4.78 is 60.0. The van der Waals surface area contributed by atoms with Crippen LogP contribution in [0.2, 0.25) is 0 Å². The average Bonchev–Trinajstić information content (AvgIpc) is 3.40. The number of hydrogen-bond acceptors (Lipinski definition) is 9. The van der Waals surface area contributed by atoms with Gasteiger partial charge in [0.1, 0.15) is 15.7 Å². The van der Waals surface area contributed by atoms with Gasteiger partial charge in [0.25, 0.3) is 0 Å². The number of aromatic nitrogens is 3. The van der Waals surface area contributed by atoms with E-state index in [1.165, 1.54) is 23.5 Å². The first-order valence-electron chi connectivity index (χ1n) is 11.0. The Morgan fingerprint density at radius 1 is 0.972 bits per heavy atom. The fourth-order valence-electron chi connectivity index (χ4n) is 3.65. The Morgan fingerprint density at radius 3 is 2.17 bits per heavy atom. The molecular weight excluding hydrogens is 509 g/mol. The molecule has 0 atom stereocenters. The van der Waals surface area contributed by atoms with Gasteiger partial charge in [-0.2, -0.15) is 5.10 Å². The summed E-state index contributed by atoms with van der Waals surface area (Å²) in [6, 6.07) is 9.51. The van der Waals surface area contributed by atoms with Gasteiger partial charge in [-0.05, 0) is 37.3 Å². The van der Waals surface area contributed by atoms with Crippen LogP contribution in [0, 0.1) is 12.7 Å². The molecule has 1 saturated heterocycles. The van der Waals surface area contributed by atoms with Crippen LogP contribution in [-0.4, -0.2) is 69.9 Å². The Hall–Kier alpha value is -3.06. The molecule has 1 aliphatic heterocycles. The Balaban J connectivity index is 0.000000445. The van der Waals surface area contributed by atoms with E-state index in [1.54, 1.807) is 37.8 Å². The van der Waals surface area contributed by atoms with Crippen molar-refractivity contribution in [2.24, 2.45) is 0 Å². The van der Waals surface area contributed by atoms with E-state index in [9.17, 15) is 12.8 Å². The molecule has 0 amide bonds. The molecule has 0 radical (unpaired) electrons. The van der Waals surface area contributed by atoms with Gasteiger partial charge in [0.2, 0.25) is 4.96 Å². The van der Waals surface area contributed by atoms with Crippen LogP contribution in [0.3, 0.4) is 0 Å². The van der Waals surface area contributed by atoms with Crippen LogP contribution in [0.15, 0.2) is 41.3 Å². The van der Waals surface area contributed by atoms with Crippen LogP contribution in [0.1, 0.15) is 5.69 Å². The standard InChI is InChI=1S/C20H18FN3O4S2.C4H8O2/c1-11-18(12-6-8-17(14(21)9-12)30(4,25)26)24-20(22-11)29-19(23-24)13-5-7-15(27-2)16(10-13)28-3;1-2-6-4-3-5-1/h5-10H,1-4H3;1-4H2. The van der Waals surface area contributed by atoms with Crippen LogP contribution >= 0.6 is 11.3 Å². The summed E-state index contributed by atoms with van der Waals surface area (Å²) in [6.45, 7) is 4.91. The predicted octanol–water partition coefficient (Wildman–Crippen LogP) is 4.03. The minimum Gasteiger partial charge on any atom is -0.493 e. The molecule has 9 nitrogen and oxygen atoms in total. The van der Waals surface area contributed by atoms with Crippen molar-refractivity contribution in [1.82, 2.24) is 14.6 Å². The summed E-state index contributed by atoms with van der Waals surface area (Å²) in [7, 11) is -0.519. The number of nitrogens with zero attached hydrogens (tertiary/aromatic N) is 3. The molecule has 192 valence electrons. The number of aryl methyl sites for hydroxylation is 1. The highest BCUT2D eigenvalue weighted by atomic mass is 32.2. The number of ether oxygens (including phenoxy) is 4. The van der Waals surface area contributed by atoms with E-state index in [1.807, 2.05) is 12.1 Å². The van der Waals surface area contributed by atoms with Gasteiger partial charge in [-0.25, -0.2) is 22.3 Å². The molecule has 4 aromatic rings. The van der Waals surface area contributed by atoms with Crippen molar-refractivity contribution in [2.75, 3.05) is 46.9 Å². The molecule has 0 spiro atoms. The topological polar surface area (TPSA) is 101 Å². The number of benzene rings is 2. The Bertz CT molecular complexity index is 1470. The molecule has 0 bridgehead atoms. The first-order chi connectivity index (χ1) is 17.2. The molecule has 0 N–H and O–H groups in total. The van der Waals surface area contributed by atoms with Crippen molar-refractivity contribution in [3.8, 4) is 33.3 Å². The minimum absolute atomic E-state index is 0.339. The lowest BCUT2D eigenvalue weighted by atomic mass is 10.1. The van der Waals surface area contributed by atoms with Crippen molar-refractivity contribution in [3.05, 3.63) is 47.9 Å². The average molecular weight is 536 g/mol. The van der Waals surface area contributed by atoms with E-state index in [4.69, 9.17) is 18.9 Å². The molecule has 0 aliphatic carbocycles. The van der Waals surface area contributed by atoms with Crippen LogP contribution in [0.5, 0.6) is 11.5 Å². The lowest BCUT2D eigenvalue weighted by Crippen LogP contribution is -2.16. The van der Waals surface area contributed by atoms with Gasteiger partial charge in [-0.15, -0.1) is 0 Å². The summed E-state index contributed by atoms with van der Waals surface area (Å²) in [5.74, 6) is 0.387. The maximum atomic E-state index is 14.4. The Labute approximate surface area is 212 Å². The second kappa shape index (κ2) is 10.9. The molecule has 36 heavy (non-hydrogen) atoms. The smallest absolute Gasteiger partial charge is 0.213 e. The maximum absolute atomic E-state index is 14.4. The monoisotopic (exact) mass is 535 g/mol. The summed E-state index contributed by atoms with van der Waals surface area (Å²) in [6.07, 6.45) is 0.975. The lowest BCUT2D eigenvalue weighted by Gasteiger charge is -2.09. The highest BCUT2D eigenvalue weighted by Gasteiger charge is 2.20. The first-order valence-corrected chi connectivity index (χ1v) is 13.7. The molecule has 0 saturated carbocycles. The van der Waals surface area contributed by atoms with Crippen molar-refractivity contribution in [2.45, 2.75) is 11.8 Å². The lowest BCUT2D eigenvalue weighted by molar-refractivity contribution is -0.0334. The Kier molecular flexibility index (Phi) is 7.88. The molecule has 1 aliphatic rings. The second-order valence-electron chi connectivity index (χ2n) is 7.86. The zero-order chi connectivity index (χ0) is 25.9. The molecule has 0 unspecified atom stereocenters. The zero-order valence-electron chi connectivity index (χ0n) is 20.3. The van der Waals surface area contributed by atoms with Crippen molar-refractivity contribution in [1.29, 1.82) is 0 Å². The normalized spacial score (nSPS) is 13.8. The molecular formula is C24H26FN3O6S2. The predicted molar refractivity (Wildman–Crippen MR) is 134 cm³/mol. The molecule has 12 heteroatoms. The van der Waals surface area contributed by atoms with Gasteiger partial charge in [-0.3, -0.25) is 0 Å². The Morgan fingerprint density at radius 2 is 1.61 bits per heavy atom. The number of hydrogen-bond donors (Lipinski definition) is 0. The van der Waals surface area contributed by atoms with Gasteiger partial charge >= 0.3 is 0 Å². The number of methoxy groups -OCH3 is 2. The van der Waals surface area contributed by atoms with Crippen molar-refractivity contribution < 1.29 is 31.8 Å². The van der Waals surface area contributed by atoms with E-state index in [-0.39, 0.29) is 4.90 Å². The molecule has 5 rings (SSSR count). The third-order valence-electron chi connectivity index (χ3n) is 5.36. The van der Waals surface area contributed by atoms with E-state index >= 15 is 0 Å². The summed E-state index contributed by atoms with van der Waals surface area (Å²) in [5.41, 5.74) is 2.59. The highest BCUT2D eigenvalue weighted by Crippen LogP contribution is 2.36. The van der Waals surface area contributed by atoms with E-state index < -0.39 is 15.7 Å². The van der Waals surface area contributed by atoms with Crippen LogP contribution in [-0.2, 0) is 19.3 Å². The van der Waals surface area contributed by atoms with E-state index in [0.29, 0.717) is 38.4 Å². The third-order valence-corrected chi connectivity index (χ3v) is 7.44. The van der Waals surface area contributed by atoms with Gasteiger partial charge in [-0.1, -0.05) is 17.4 Å². The van der Waals surface area contributed by atoms with E-state index in [2.05, 4.69) is 10.1 Å². The van der Waals surface area contributed by atoms with Crippen LogP contribution < -0.4 is 9.47 Å². The maximum Gasteiger partial charge on any atom is 0.213 e. The fraction of sp³-hybridized carbons (Fsp3) is 0.333. The number of rotatable bonds is 5. The number of sulfone groups is 1. The van der Waals surface area contributed by atoms with Gasteiger partial charge in [0.15, 0.2) is 21.3 Å². The highest BCUT2D eigenvalue weighted by molar-refractivity contribution is 7.90. The summed E-state index contributed by atoms with van der Waals surface area (Å²) in [4.78, 5) is 4.84. The number of imidazole rings is 1. The van der Waals surface area contributed by atoms with Gasteiger partial charge in [0, 0.05) is 17.4 Å². The second-order valence-corrected chi connectivity index (χ2v) is 10.8. The number of fused-ring (bicyclic) bond motifs is 1. The molecule has 3 heterocycles. The van der Waals surface area contributed by atoms with Crippen LogP contribution in [0.4, 0.5) is 4.39 Å². The van der Waals surface area contributed by atoms with Crippen molar-refractivity contribution in [3.63, 3.8) is 0 Å². The molecule has 2 aromatic heterocycles. The largest absolute Gasteiger partial charge is 0.493 e. The van der Waals surface area contributed by atoms with Gasteiger partial charge in [0.05, 0.1) is 52.0 Å². The SMILES string of the molecule is C1COCCO1.COc1ccc(-c2nn3c(-c4ccc(S(C)(=O)=O)c(F)c4)c(C)nc3s2)cc1OC. The zero-order valence-corrected chi connectivity index (χ0v) is 21.9. The molecule has 2 aromatic carbocycles. The summed E-state index contributed by atoms with van der Waals surface area (Å²) >= 11 is 1.38.